The molecule has 2 saturated heterocycles. The molecule has 1 atom stereocenters. The van der Waals surface area contributed by atoms with Gasteiger partial charge in [-0.3, -0.25) is 19.7 Å². The van der Waals surface area contributed by atoms with Crippen molar-refractivity contribution < 1.29 is 28.2 Å². The summed E-state index contributed by atoms with van der Waals surface area (Å²) in [6, 6.07) is 2.53. The summed E-state index contributed by atoms with van der Waals surface area (Å²) in [5.41, 5.74) is 1.07. The van der Waals surface area contributed by atoms with Crippen molar-refractivity contribution in [2.75, 3.05) is 32.2 Å². The Hall–Kier alpha value is -2.52. The van der Waals surface area contributed by atoms with Gasteiger partial charge in [-0.05, 0) is 31.4 Å². The molecule has 0 spiro atoms. The SMILES string of the molecule is COC(OC)C1CCN(c2ccc3c(c2F)CN([C@H]2CCC(=O)NC2=O)C3=O)CC1. The third kappa shape index (κ3) is 3.56. The molecule has 3 aliphatic rings. The molecular formula is C21H26FN3O5. The topological polar surface area (TPSA) is 88.2 Å². The molecule has 0 aliphatic carbocycles. The monoisotopic (exact) mass is 419 g/mol. The van der Waals surface area contributed by atoms with Gasteiger partial charge in [-0.2, -0.15) is 0 Å². The number of amides is 3. The van der Waals surface area contributed by atoms with Gasteiger partial charge in [0.1, 0.15) is 6.04 Å². The second-order valence-electron chi connectivity index (χ2n) is 7.99. The predicted molar refractivity (Wildman–Crippen MR) is 105 cm³/mol. The second-order valence-corrected chi connectivity index (χ2v) is 7.99. The van der Waals surface area contributed by atoms with Crippen LogP contribution < -0.4 is 10.2 Å². The van der Waals surface area contributed by atoms with Crippen LogP contribution in [0, 0.1) is 11.7 Å². The number of piperidine rings is 2. The molecule has 0 aromatic heterocycles. The molecule has 30 heavy (non-hydrogen) atoms. The molecule has 8 nitrogen and oxygen atoms in total. The largest absolute Gasteiger partial charge is 0.369 e. The van der Waals surface area contributed by atoms with Crippen LogP contribution in [0.5, 0.6) is 0 Å². The number of imide groups is 1. The zero-order valence-corrected chi connectivity index (χ0v) is 17.2. The van der Waals surface area contributed by atoms with E-state index >= 15 is 4.39 Å². The van der Waals surface area contributed by atoms with Crippen LogP contribution in [0.2, 0.25) is 0 Å². The first-order chi connectivity index (χ1) is 14.4. The van der Waals surface area contributed by atoms with Crippen LogP contribution in [0.3, 0.4) is 0 Å². The van der Waals surface area contributed by atoms with Gasteiger partial charge in [-0.25, -0.2) is 4.39 Å². The van der Waals surface area contributed by atoms with Crippen LogP contribution in [-0.2, 0) is 25.6 Å². The van der Waals surface area contributed by atoms with Crippen molar-refractivity contribution in [2.45, 2.75) is 44.6 Å². The van der Waals surface area contributed by atoms with Crippen molar-refractivity contribution in [3.63, 3.8) is 0 Å². The lowest BCUT2D eigenvalue weighted by atomic mass is 9.95. The molecule has 4 rings (SSSR count). The fraction of sp³-hybridized carbons (Fsp3) is 0.571. The van der Waals surface area contributed by atoms with Gasteiger partial charge in [-0.1, -0.05) is 0 Å². The number of carbonyl (C=O) groups is 3. The number of fused-ring (bicyclic) bond motifs is 1. The maximum atomic E-state index is 15.4. The van der Waals surface area contributed by atoms with Crippen molar-refractivity contribution in [2.24, 2.45) is 5.92 Å². The predicted octanol–water partition coefficient (Wildman–Crippen LogP) is 1.42. The molecule has 3 amide bonds. The van der Waals surface area contributed by atoms with Gasteiger partial charge in [-0.15, -0.1) is 0 Å². The van der Waals surface area contributed by atoms with Gasteiger partial charge in [0.2, 0.25) is 11.8 Å². The average Bonchev–Trinajstić information content (AvgIpc) is 3.07. The van der Waals surface area contributed by atoms with E-state index in [2.05, 4.69) is 5.32 Å². The minimum Gasteiger partial charge on any atom is -0.369 e. The lowest BCUT2D eigenvalue weighted by molar-refractivity contribution is -0.141. The number of methoxy groups -OCH3 is 2. The smallest absolute Gasteiger partial charge is 0.255 e. The number of nitrogens with zero attached hydrogens (tertiary/aromatic N) is 2. The van der Waals surface area contributed by atoms with Gasteiger partial charge in [0, 0.05) is 50.8 Å². The van der Waals surface area contributed by atoms with Gasteiger partial charge in [0.15, 0.2) is 12.1 Å². The first kappa shape index (κ1) is 20.7. The number of nitrogens with one attached hydrogen (secondary N) is 1. The number of benzene rings is 1. The van der Waals surface area contributed by atoms with Gasteiger partial charge >= 0.3 is 0 Å². The fourth-order valence-electron chi connectivity index (χ4n) is 4.73. The Morgan fingerprint density at radius 3 is 2.43 bits per heavy atom. The van der Waals surface area contributed by atoms with Crippen molar-refractivity contribution in [1.29, 1.82) is 0 Å². The molecule has 0 bridgehead atoms. The normalized spacial score (nSPS) is 22.7. The van der Waals surface area contributed by atoms with Gasteiger partial charge in [0.25, 0.3) is 5.91 Å². The van der Waals surface area contributed by atoms with Crippen LogP contribution in [0.4, 0.5) is 10.1 Å². The molecule has 1 N–H and O–H groups in total. The minimum absolute atomic E-state index is 0.0337. The Bertz CT molecular complexity index is 864. The standard InChI is InChI=1S/C21H26FN3O5/c1-29-21(30-2)12-7-9-24(10-8-12)15-4-3-13-14(18(15)22)11-25(20(13)28)16-5-6-17(26)23-19(16)27/h3-4,12,16,21H,5-11H2,1-2H3,(H,23,26,27)/t16-/m0/s1. The molecule has 1 aromatic rings. The van der Waals surface area contributed by atoms with E-state index in [1.54, 1.807) is 26.4 Å². The highest BCUT2D eigenvalue weighted by Crippen LogP contribution is 2.35. The molecule has 3 aliphatic heterocycles. The van der Waals surface area contributed by atoms with E-state index in [1.165, 1.54) is 4.90 Å². The Kier molecular flexibility index (Phi) is 5.75. The molecule has 0 radical (unpaired) electrons. The highest BCUT2D eigenvalue weighted by molar-refractivity contribution is 6.05. The zero-order chi connectivity index (χ0) is 21.4. The van der Waals surface area contributed by atoms with E-state index in [4.69, 9.17) is 9.47 Å². The van der Waals surface area contributed by atoms with E-state index < -0.39 is 17.8 Å². The van der Waals surface area contributed by atoms with Crippen LogP contribution in [0.15, 0.2) is 12.1 Å². The van der Waals surface area contributed by atoms with Crippen LogP contribution in [0.1, 0.15) is 41.6 Å². The van der Waals surface area contributed by atoms with E-state index in [9.17, 15) is 14.4 Å². The highest BCUT2D eigenvalue weighted by atomic mass is 19.1. The number of ether oxygens (including phenoxy) is 2. The first-order valence-electron chi connectivity index (χ1n) is 10.2. The molecule has 9 heteroatoms. The number of rotatable bonds is 5. The van der Waals surface area contributed by atoms with E-state index in [0.29, 0.717) is 24.3 Å². The minimum atomic E-state index is -0.749. The summed E-state index contributed by atoms with van der Waals surface area (Å²) in [5, 5.41) is 2.26. The van der Waals surface area contributed by atoms with Gasteiger partial charge < -0.3 is 19.3 Å². The molecular weight excluding hydrogens is 393 g/mol. The van der Waals surface area contributed by atoms with Gasteiger partial charge in [0.05, 0.1) is 12.2 Å². The number of carbonyl (C=O) groups excluding carboxylic acids is 3. The van der Waals surface area contributed by atoms with Crippen molar-refractivity contribution in [3.05, 3.63) is 29.1 Å². The lowest BCUT2D eigenvalue weighted by Crippen LogP contribution is -2.52. The number of halogens is 1. The fourth-order valence-corrected chi connectivity index (χ4v) is 4.73. The van der Waals surface area contributed by atoms with Crippen molar-refractivity contribution in [3.8, 4) is 0 Å². The van der Waals surface area contributed by atoms with E-state index in [0.717, 1.165) is 12.8 Å². The Balaban J connectivity index is 1.50. The Labute approximate surface area is 174 Å². The third-order valence-corrected chi connectivity index (χ3v) is 6.36. The maximum Gasteiger partial charge on any atom is 0.255 e. The third-order valence-electron chi connectivity index (χ3n) is 6.36. The summed E-state index contributed by atoms with van der Waals surface area (Å²) < 4.78 is 26.1. The Morgan fingerprint density at radius 2 is 1.80 bits per heavy atom. The van der Waals surface area contributed by atoms with Crippen LogP contribution >= 0.6 is 0 Å². The van der Waals surface area contributed by atoms with Crippen molar-refractivity contribution in [1.82, 2.24) is 10.2 Å². The van der Waals surface area contributed by atoms with Crippen molar-refractivity contribution >= 4 is 23.4 Å². The molecule has 3 heterocycles. The number of hydrogen-bond donors (Lipinski definition) is 1. The maximum absolute atomic E-state index is 15.4. The van der Waals surface area contributed by atoms with E-state index in [1.807, 2.05) is 4.90 Å². The number of anilines is 1. The zero-order valence-electron chi connectivity index (χ0n) is 17.2. The van der Waals surface area contributed by atoms with E-state index in [-0.39, 0.29) is 49.0 Å². The quantitative estimate of drug-likeness (QED) is 0.574. The second kappa shape index (κ2) is 8.31. The van der Waals surface area contributed by atoms with Crippen LogP contribution in [0.25, 0.3) is 0 Å². The Morgan fingerprint density at radius 1 is 1.10 bits per heavy atom. The lowest BCUT2D eigenvalue weighted by Gasteiger charge is -2.36. The summed E-state index contributed by atoms with van der Waals surface area (Å²) in [4.78, 5) is 39.7. The highest BCUT2D eigenvalue weighted by Gasteiger charge is 2.41. The summed E-state index contributed by atoms with van der Waals surface area (Å²) >= 11 is 0. The molecule has 0 saturated carbocycles. The molecule has 162 valence electrons. The summed E-state index contributed by atoms with van der Waals surface area (Å²) in [6.07, 6.45) is 1.78. The molecule has 2 fully saturated rings. The number of hydrogen-bond acceptors (Lipinski definition) is 6. The molecule has 0 unspecified atom stereocenters. The summed E-state index contributed by atoms with van der Waals surface area (Å²) in [5.74, 6) is -1.38. The summed E-state index contributed by atoms with van der Waals surface area (Å²) in [7, 11) is 3.23. The average molecular weight is 419 g/mol. The first-order valence-corrected chi connectivity index (χ1v) is 10.2. The molecule has 1 aromatic carbocycles. The summed E-state index contributed by atoms with van der Waals surface area (Å²) in [6.45, 7) is 1.36. The van der Waals surface area contributed by atoms with Crippen LogP contribution in [-0.4, -0.2) is 62.3 Å².